The van der Waals surface area contributed by atoms with Crippen molar-refractivity contribution >= 4 is 31.5 Å². The van der Waals surface area contributed by atoms with E-state index >= 15 is 0 Å². The Balaban J connectivity index is 3.08. The number of nitrogens with zero attached hydrogens (tertiary/aromatic N) is 2. The molecule has 6 nitrogen and oxygen atoms in total. The largest absolute Gasteiger partial charge is 0.244 e. The van der Waals surface area contributed by atoms with Crippen molar-refractivity contribution in [3.63, 3.8) is 0 Å². The number of rotatable bonds is 5. The first-order chi connectivity index (χ1) is 9.08. The smallest absolute Gasteiger partial charge is 0.229 e. The van der Waals surface area contributed by atoms with Gasteiger partial charge in [0, 0.05) is 19.8 Å². The van der Waals surface area contributed by atoms with Gasteiger partial charge in [-0.05, 0) is 18.2 Å². The predicted octanol–water partition coefficient (Wildman–Crippen LogP) is 0.877. The molecule has 0 unspecified atom stereocenters. The highest BCUT2D eigenvalue weighted by Crippen LogP contribution is 2.24. The van der Waals surface area contributed by atoms with Gasteiger partial charge >= 0.3 is 0 Å². The van der Waals surface area contributed by atoms with Crippen LogP contribution in [0.4, 0.5) is 0 Å². The summed E-state index contributed by atoms with van der Waals surface area (Å²) in [5.74, 6) is -0.281. The summed E-state index contributed by atoms with van der Waals surface area (Å²) >= 11 is 5.85. The molecule has 0 radical (unpaired) electrons. The Morgan fingerprint density at radius 1 is 1.30 bits per heavy atom. The van der Waals surface area contributed by atoms with Crippen molar-refractivity contribution in [2.45, 2.75) is 4.90 Å². The summed E-state index contributed by atoms with van der Waals surface area (Å²) in [5.41, 5.74) is 0.243. The van der Waals surface area contributed by atoms with Gasteiger partial charge in [0.2, 0.25) is 10.0 Å². The van der Waals surface area contributed by atoms with Crippen molar-refractivity contribution in [1.29, 1.82) is 5.26 Å². The molecule has 0 heterocycles. The lowest BCUT2D eigenvalue weighted by Crippen LogP contribution is -2.31. The summed E-state index contributed by atoms with van der Waals surface area (Å²) in [6.45, 7) is -0.169. The number of benzene rings is 1. The Morgan fingerprint density at radius 2 is 1.90 bits per heavy atom. The topological polar surface area (TPSA) is 95.3 Å². The van der Waals surface area contributed by atoms with Crippen molar-refractivity contribution in [2.24, 2.45) is 0 Å². The van der Waals surface area contributed by atoms with Gasteiger partial charge in [-0.3, -0.25) is 0 Å². The maximum atomic E-state index is 12.2. The summed E-state index contributed by atoms with van der Waals surface area (Å²) < 4.78 is 47.5. The zero-order valence-corrected chi connectivity index (χ0v) is 13.3. The lowest BCUT2D eigenvalue weighted by molar-refractivity contribution is 0.485. The molecule has 0 fully saturated rings. The molecule has 20 heavy (non-hydrogen) atoms. The minimum atomic E-state index is -3.89. The number of sulfone groups is 1. The number of sulfonamides is 1. The Labute approximate surface area is 123 Å². The molecule has 0 saturated carbocycles. The van der Waals surface area contributed by atoms with E-state index in [1.807, 2.05) is 6.07 Å². The number of halogens is 1. The molecular weight excluding hydrogens is 324 g/mol. The second-order valence-electron chi connectivity index (χ2n) is 4.21. The zero-order chi connectivity index (χ0) is 15.6. The van der Waals surface area contributed by atoms with E-state index in [2.05, 4.69) is 0 Å². The van der Waals surface area contributed by atoms with Crippen molar-refractivity contribution in [3.8, 4) is 6.07 Å². The molecule has 1 rings (SSSR count). The number of hydrogen-bond donors (Lipinski definition) is 0. The second-order valence-corrected chi connectivity index (χ2v) is 8.89. The molecule has 0 atom stereocenters. The molecule has 1 aromatic rings. The van der Waals surface area contributed by atoms with Crippen LogP contribution in [0.5, 0.6) is 0 Å². The summed E-state index contributed by atoms with van der Waals surface area (Å²) in [4.78, 5) is -0.158. The van der Waals surface area contributed by atoms with Crippen LogP contribution in [-0.2, 0) is 19.9 Å². The van der Waals surface area contributed by atoms with Crippen molar-refractivity contribution in [2.75, 3.05) is 25.6 Å². The lowest BCUT2D eigenvalue weighted by Gasteiger charge is -2.17. The van der Waals surface area contributed by atoms with Crippen molar-refractivity contribution in [1.82, 2.24) is 4.31 Å². The van der Waals surface area contributed by atoms with E-state index in [0.29, 0.717) is 0 Å². The summed E-state index contributed by atoms with van der Waals surface area (Å²) in [5, 5.41) is 8.63. The summed E-state index contributed by atoms with van der Waals surface area (Å²) in [6.07, 6.45) is 1.03. The molecule has 110 valence electrons. The van der Waals surface area contributed by atoms with Gasteiger partial charge in [-0.25, -0.2) is 16.8 Å². The molecule has 0 N–H and O–H groups in total. The molecule has 1 aromatic carbocycles. The fraction of sp³-hybridized carbons (Fsp3) is 0.364. The molecule has 0 bridgehead atoms. The van der Waals surface area contributed by atoms with Crippen LogP contribution in [-0.4, -0.2) is 46.7 Å². The van der Waals surface area contributed by atoms with Gasteiger partial charge in [0.05, 0.1) is 22.4 Å². The van der Waals surface area contributed by atoms with Gasteiger partial charge in [-0.15, -0.1) is 0 Å². The number of hydrogen-bond acceptors (Lipinski definition) is 5. The lowest BCUT2D eigenvalue weighted by atomic mass is 10.2. The highest BCUT2D eigenvalue weighted by atomic mass is 35.5. The molecule has 0 spiro atoms. The van der Waals surface area contributed by atoms with Crippen molar-refractivity contribution in [3.05, 3.63) is 28.8 Å². The molecule has 0 saturated heterocycles. The van der Waals surface area contributed by atoms with E-state index in [-0.39, 0.29) is 27.8 Å². The average Bonchev–Trinajstić information content (AvgIpc) is 2.34. The Hall–Kier alpha value is -1.14. The predicted molar refractivity (Wildman–Crippen MR) is 75.7 cm³/mol. The molecule has 9 heteroatoms. The summed E-state index contributed by atoms with van der Waals surface area (Å²) in [7, 11) is -5.88. The highest BCUT2D eigenvalue weighted by molar-refractivity contribution is 7.91. The zero-order valence-electron chi connectivity index (χ0n) is 10.9. The van der Waals surface area contributed by atoms with Crippen molar-refractivity contribution < 1.29 is 16.8 Å². The monoisotopic (exact) mass is 336 g/mol. The van der Waals surface area contributed by atoms with Gasteiger partial charge < -0.3 is 0 Å². The third-order valence-corrected chi connectivity index (χ3v) is 5.79. The van der Waals surface area contributed by atoms with Gasteiger partial charge in [0.1, 0.15) is 14.7 Å². The van der Waals surface area contributed by atoms with E-state index in [1.165, 1.54) is 25.2 Å². The van der Waals surface area contributed by atoms with Crippen LogP contribution in [0.2, 0.25) is 5.02 Å². The first-order valence-electron chi connectivity index (χ1n) is 5.41. The molecule has 0 amide bonds. The normalized spacial score (nSPS) is 12.3. The van der Waals surface area contributed by atoms with Gasteiger partial charge in [0.15, 0.2) is 0 Å². The van der Waals surface area contributed by atoms with Gasteiger partial charge in [-0.1, -0.05) is 11.6 Å². The van der Waals surface area contributed by atoms with E-state index < -0.39 is 19.9 Å². The van der Waals surface area contributed by atoms with Crippen LogP contribution in [0, 0.1) is 11.3 Å². The first-order valence-corrected chi connectivity index (χ1v) is 9.29. The van der Waals surface area contributed by atoms with Gasteiger partial charge in [-0.2, -0.15) is 9.57 Å². The highest BCUT2D eigenvalue weighted by Gasteiger charge is 2.24. The quantitative estimate of drug-likeness (QED) is 0.795. The van der Waals surface area contributed by atoms with E-state index in [9.17, 15) is 16.8 Å². The Bertz CT molecular complexity index is 751. The minimum absolute atomic E-state index is 0.0738. The molecule has 0 aliphatic rings. The van der Waals surface area contributed by atoms with Crippen LogP contribution in [0.15, 0.2) is 23.1 Å². The third kappa shape index (κ3) is 4.18. The van der Waals surface area contributed by atoms with Crippen LogP contribution >= 0.6 is 11.6 Å². The van der Waals surface area contributed by atoms with Crippen LogP contribution in [0.25, 0.3) is 0 Å². The standard InChI is InChI=1S/C11H13ClN2O4S2/c1-14(5-6-19(2,15)16)20(17,18)11-4-3-9(8-13)7-10(11)12/h3-4,7H,5-6H2,1-2H3. The third-order valence-electron chi connectivity index (χ3n) is 2.53. The molecule has 0 aromatic heterocycles. The van der Waals surface area contributed by atoms with Crippen LogP contribution in [0.1, 0.15) is 5.56 Å². The second kappa shape index (κ2) is 6.10. The Kier molecular flexibility index (Phi) is 5.15. The maximum absolute atomic E-state index is 12.2. The van der Waals surface area contributed by atoms with Gasteiger partial charge in [0.25, 0.3) is 0 Å². The fourth-order valence-corrected chi connectivity index (χ4v) is 3.77. The first kappa shape index (κ1) is 16.9. The number of nitriles is 1. The van der Waals surface area contributed by atoms with E-state index in [0.717, 1.165) is 10.6 Å². The molecular formula is C11H13ClN2O4S2. The summed E-state index contributed by atoms with van der Waals surface area (Å²) in [6, 6.07) is 5.66. The van der Waals surface area contributed by atoms with E-state index in [1.54, 1.807) is 0 Å². The SMILES string of the molecule is CN(CCS(C)(=O)=O)S(=O)(=O)c1ccc(C#N)cc1Cl. The fourth-order valence-electron chi connectivity index (χ4n) is 1.36. The Morgan fingerprint density at radius 3 is 2.35 bits per heavy atom. The molecule has 0 aliphatic carbocycles. The van der Waals surface area contributed by atoms with Crippen LogP contribution in [0.3, 0.4) is 0 Å². The van der Waals surface area contributed by atoms with E-state index in [4.69, 9.17) is 16.9 Å². The maximum Gasteiger partial charge on any atom is 0.244 e. The minimum Gasteiger partial charge on any atom is -0.229 e. The molecule has 0 aliphatic heterocycles. The van der Waals surface area contributed by atoms with Crippen LogP contribution < -0.4 is 0 Å². The average molecular weight is 337 g/mol.